The van der Waals surface area contributed by atoms with Gasteiger partial charge in [0, 0.05) is 11.6 Å². The first-order chi connectivity index (χ1) is 14.5. The van der Waals surface area contributed by atoms with Crippen LogP contribution in [0, 0.1) is 13.8 Å². The van der Waals surface area contributed by atoms with Gasteiger partial charge >= 0.3 is 6.03 Å². The van der Waals surface area contributed by atoms with Gasteiger partial charge in [0.25, 0.3) is 0 Å². The quantitative estimate of drug-likeness (QED) is 0.594. The summed E-state index contributed by atoms with van der Waals surface area (Å²) in [6.45, 7) is 4.13. The molecule has 4 rings (SSSR count). The third-order valence-corrected chi connectivity index (χ3v) is 5.84. The Morgan fingerprint density at radius 1 is 1.07 bits per heavy atom. The minimum absolute atomic E-state index is 0.0653. The lowest BCUT2D eigenvalue weighted by molar-refractivity contribution is -0.117. The third-order valence-electron chi connectivity index (χ3n) is 4.91. The predicted molar refractivity (Wildman–Crippen MR) is 117 cm³/mol. The van der Waals surface area contributed by atoms with Crippen molar-refractivity contribution in [3.8, 4) is 17.1 Å². The molecule has 0 spiro atoms. The first kappa shape index (κ1) is 20.2. The molecule has 0 saturated heterocycles. The molecule has 0 aliphatic heterocycles. The molecule has 154 valence electrons. The normalized spacial score (nSPS) is 13.1. The molecule has 1 saturated carbocycles. The number of thioether (sulfide) groups is 1. The zero-order valence-electron chi connectivity index (χ0n) is 16.9. The molecule has 0 radical (unpaired) electrons. The van der Waals surface area contributed by atoms with Crippen molar-refractivity contribution < 1.29 is 9.59 Å². The SMILES string of the molecule is Cc1ccc(-n2c(SCC(=O)NC(=O)NC3CC3)nnc2-c2ccccc2)cc1C. The molecule has 2 N–H and O–H groups in total. The van der Waals surface area contributed by atoms with Gasteiger partial charge in [0.2, 0.25) is 5.91 Å². The van der Waals surface area contributed by atoms with Crippen LogP contribution in [0.5, 0.6) is 0 Å². The summed E-state index contributed by atoms with van der Waals surface area (Å²) >= 11 is 1.25. The Hall–Kier alpha value is -3.13. The molecule has 0 bridgehead atoms. The van der Waals surface area contributed by atoms with Gasteiger partial charge in [-0.25, -0.2) is 4.79 Å². The zero-order chi connectivity index (χ0) is 21.1. The third kappa shape index (κ3) is 4.71. The minimum Gasteiger partial charge on any atom is -0.335 e. The van der Waals surface area contributed by atoms with Gasteiger partial charge in [0.05, 0.1) is 11.4 Å². The van der Waals surface area contributed by atoms with E-state index in [4.69, 9.17) is 0 Å². The lowest BCUT2D eigenvalue weighted by Gasteiger charge is -2.12. The molecule has 0 atom stereocenters. The van der Waals surface area contributed by atoms with Crippen LogP contribution in [0.25, 0.3) is 17.1 Å². The molecule has 7 nitrogen and oxygen atoms in total. The van der Waals surface area contributed by atoms with Crippen molar-refractivity contribution in [3.63, 3.8) is 0 Å². The van der Waals surface area contributed by atoms with Gasteiger partial charge in [-0.1, -0.05) is 48.2 Å². The summed E-state index contributed by atoms with van der Waals surface area (Å²) in [6, 6.07) is 15.7. The van der Waals surface area contributed by atoms with Crippen molar-refractivity contribution >= 4 is 23.7 Å². The van der Waals surface area contributed by atoms with Gasteiger partial charge < -0.3 is 5.32 Å². The monoisotopic (exact) mass is 421 g/mol. The number of rotatable bonds is 6. The van der Waals surface area contributed by atoms with E-state index in [1.807, 2.05) is 41.0 Å². The van der Waals surface area contributed by atoms with E-state index in [0.29, 0.717) is 11.0 Å². The van der Waals surface area contributed by atoms with E-state index in [0.717, 1.165) is 29.7 Å². The van der Waals surface area contributed by atoms with Gasteiger partial charge in [-0.3, -0.25) is 14.7 Å². The van der Waals surface area contributed by atoms with Crippen molar-refractivity contribution in [1.29, 1.82) is 0 Å². The van der Waals surface area contributed by atoms with Gasteiger partial charge in [-0.15, -0.1) is 10.2 Å². The number of aryl methyl sites for hydroxylation is 2. The number of hydrogen-bond acceptors (Lipinski definition) is 5. The van der Waals surface area contributed by atoms with Crippen LogP contribution in [0.15, 0.2) is 53.7 Å². The van der Waals surface area contributed by atoms with E-state index in [2.05, 4.69) is 46.8 Å². The van der Waals surface area contributed by atoms with E-state index < -0.39 is 6.03 Å². The summed E-state index contributed by atoms with van der Waals surface area (Å²) in [6.07, 6.45) is 1.94. The fourth-order valence-corrected chi connectivity index (χ4v) is 3.73. The van der Waals surface area contributed by atoms with E-state index in [1.165, 1.54) is 17.3 Å². The number of nitrogens with one attached hydrogen (secondary N) is 2. The molecule has 1 aliphatic rings. The molecule has 3 amide bonds. The van der Waals surface area contributed by atoms with E-state index >= 15 is 0 Å². The molecule has 1 heterocycles. The Labute approximate surface area is 179 Å². The molecule has 0 unspecified atom stereocenters. The highest BCUT2D eigenvalue weighted by atomic mass is 32.2. The Balaban J connectivity index is 1.57. The van der Waals surface area contributed by atoms with Gasteiger partial charge in [-0.05, 0) is 49.9 Å². The summed E-state index contributed by atoms with van der Waals surface area (Å²) < 4.78 is 1.95. The second-order valence-corrected chi connectivity index (χ2v) is 8.30. The fraction of sp³-hybridized carbons (Fsp3) is 0.273. The summed E-state index contributed by atoms with van der Waals surface area (Å²) in [7, 11) is 0. The highest BCUT2D eigenvalue weighted by molar-refractivity contribution is 7.99. The van der Waals surface area contributed by atoms with Crippen molar-refractivity contribution in [2.24, 2.45) is 0 Å². The summed E-state index contributed by atoms with van der Waals surface area (Å²) in [4.78, 5) is 24.0. The van der Waals surface area contributed by atoms with E-state index in [9.17, 15) is 9.59 Å². The molecule has 1 aliphatic carbocycles. The van der Waals surface area contributed by atoms with Gasteiger partial charge in [-0.2, -0.15) is 0 Å². The molecule has 1 fully saturated rings. The molecule has 30 heavy (non-hydrogen) atoms. The summed E-state index contributed by atoms with van der Waals surface area (Å²) in [5.74, 6) is 0.401. The Morgan fingerprint density at radius 3 is 2.53 bits per heavy atom. The Morgan fingerprint density at radius 2 is 1.83 bits per heavy atom. The minimum atomic E-state index is -0.441. The van der Waals surface area contributed by atoms with Crippen LogP contribution in [-0.2, 0) is 4.79 Å². The molecular formula is C22H23N5O2S. The number of hydrogen-bond donors (Lipinski definition) is 2. The van der Waals surface area contributed by atoms with Crippen LogP contribution in [0.3, 0.4) is 0 Å². The summed E-state index contributed by atoms with van der Waals surface area (Å²) in [5, 5.41) is 14.4. The Bertz CT molecular complexity index is 1080. The molecule has 1 aromatic heterocycles. The van der Waals surface area contributed by atoms with Crippen molar-refractivity contribution in [2.75, 3.05) is 5.75 Å². The van der Waals surface area contributed by atoms with Crippen LogP contribution in [0.2, 0.25) is 0 Å². The smallest absolute Gasteiger partial charge is 0.321 e. The maximum atomic E-state index is 12.2. The standard InChI is InChI=1S/C22H23N5O2S/c1-14-8-11-18(12-15(14)2)27-20(16-6-4-3-5-7-16)25-26-22(27)30-13-19(28)24-21(29)23-17-9-10-17/h3-8,11-12,17H,9-10,13H2,1-2H3,(H2,23,24,28,29). The lowest BCUT2D eigenvalue weighted by Crippen LogP contribution is -2.41. The number of imide groups is 1. The number of nitrogens with zero attached hydrogens (tertiary/aromatic N) is 3. The highest BCUT2D eigenvalue weighted by Crippen LogP contribution is 2.28. The van der Waals surface area contributed by atoms with Crippen LogP contribution >= 0.6 is 11.8 Å². The molecular weight excluding hydrogens is 398 g/mol. The first-order valence-corrected chi connectivity index (χ1v) is 10.8. The molecule has 8 heteroatoms. The van der Waals surface area contributed by atoms with E-state index in [-0.39, 0.29) is 17.7 Å². The van der Waals surface area contributed by atoms with Gasteiger partial charge in [0.15, 0.2) is 11.0 Å². The topological polar surface area (TPSA) is 88.9 Å². The maximum absolute atomic E-state index is 12.2. The van der Waals surface area contributed by atoms with Gasteiger partial charge in [0.1, 0.15) is 0 Å². The first-order valence-electron chi connectivity index (χ1n) is 9.83. The van der Waals surface area contributed by atoms with Crippen LogP contribution in [-0.4, -0.2) is 38.5 Å². The number of aromatic nitrogens is 3. The largest absolute Gasteiger partial charge is 0.335 e. The number of amides is 3. The average Bonchev–Trinajstić information content (AvgIpc) is 3.44. The maximum Gasteiger partial charge on any atom is 0.321 e. The Kier molecular flexibility index (Phi) is 5.85. The average molecular weight is 422 g/mol. The fourth-order valence-electron chi connectivity index (χ4n) is 2.98. The molecule has 2 aromatic carbocycles. The number of carbonyl (C=O) groups excluding carboxylic acids is 2. The van der Waals surface area contributed by atoms with E-state index in [1.54, 1.807) is 0 Å². The predicted octanol–water partition coefficient (Wildman–Crippen LogP) is 3.63. The van der Waals surface area contributed by atoms with Crippen molar-refractivity contribution in [3.05, 3.63) is 59.7 Å². The van der Waals surface area contributed by atoms with Crippen molar-refractivity contribution in [1.82, 2.24) is 25.4 Å². The number of urea groups is 1. The van der Waals surface area contributed by atoms with Crippen LogP contribution in [0.4, 0.5) is 4.79 Å². The second kappa shape index (κ2) is 8.71. The zero-order valence-corrected chi connectivity index (χ0v) is 17.7. The van der Waals surface area contributed by atoms with Crippen molar-refractivity contribution in [2.45, 2.75) is 37.9 Å². The number of carbonyl (C=O) groups is 2. The molecule has 3 aromatic rings. The second-order valence-electron chi connectivity index (χ2n) is 7.36. The lowest BCUT2D eigenvalue weighted by atomic mass is 10.1. The highest BCUT2D eigenvalue weighted by Gasteiger charge is 2.24. The van der Waals surface area contributed by atoms with Crippen LogP contribution in [0.1, 0.15) is 24.0 Å². The van der Waals surface area contributed by atoms with Crippen LogP contribution < -0.4 is 10.6 Å². The summed E-state index contributed by atoms with van der Waals surface area (Å²) in [5.41, 5.74) is 4.22. The number of benzene rings is 2.